The van der Waals surface area contributed by atoms with Gasteiger partial charge in [0.1, 0.15) is 12.4 Å². The molecule has 1 unspecified atom stereocenters. The van der Waals surface area contributed by atoms with Crippen LogP contribution in [0.25, 0.3) is 0 Å². The molecule has 0 bridgehead atoms. The largest absolute Gasteiger partial charge is 0.435 e. The number of likely N-dealkylation sites (N-methyl/N-ethyl adjacent to an activating group) is 1. The van der Waals surface area contributed by atoms with Crippen molar-refractivity contribution >= 4 is 47.1 Å². The molecule has 0 aromatic heterocycles. The minimum absolute atomic E-state index is 0.0658. The molecule has 3 rings (SSSR count). The third kappa shape index (κ3) is 6.57. The molecule has 2 aromatic rings. The zero-order valence-electron chi connectivity index (χ0n) is 18.6. The second kappa shape index (κ2) is 12.1. The van der Waals surface area contributed by atoms with Gasteiger partial charge in [0.2, 0.25) is 11.9 Å². The molecule has 1 aliphatic rings. The van der Waals surface area contributed by atoms with Crippen LogP contribution in [-0.4, -0.2) is 65.6 Å². The molecule has 0 spiro atoms. The van der Waals surface area contributed by atoms with Crippen LogP contribution >= 0.6 is 23.2 Å². The molecule has 0 aliphatic carbocycles. The molecule has 1 heterocycles. The highest BCUT2D eigenvalue weighted by Crippen LogP contribution is 2.32. The zero-order chi connectivity index (χ0) is 25.5. The Hall–Kier alpha value is -2.99. The Morgan fingerprint density at radius 1 is 1.34 bits per heavy atom. The number of halogens is 4. The molecule has 13 heteroatoms. The van der Waals surface area contributed by atoms with Crippen LogP contribution in [0.1, 0.15) is 18.5 Å². The predicted octanol–water partition coefficient (Wildman–Crippen LogP) is 3.34. The highest BCUT2D eigenvalue weighted by atomic mass is 35.5. The summed E-state index contributed by atoms with van der Waals surface area (Å²) in [6.45, 7) is -1.29. The van der Waals surface area contributed by atoms with Crippen molar-refractivity contribution in [2.45, 2.75) is 25.6 Å². The van der Waals surface area contributed by atoms with Gasteiger partial charge in [0.25, 0.3) is 0 Å². The number of aliphatic imine (C=N–C) groups is 2. The quantitative estimate of drug-likeness (QED) is 0.375. The number of aliphatic hydroxyl groups is 1. The van der Waals surface area contributed by atoms with Crippen LogP contribution in [0.15, 0.2) is 52.4 Å². The number of alkyl halides is 2. The third-order valence-corrected chi connectivity index (χ3v) is 5.99. The summed E-state index contributed by atoms with van der Waals surface area (Å²) in [5.41, 5.74) is 9.82. The summed E-state index contributed by atoms with van der Waals surface area (Å²) in [5, 5.41) is 11.8. The van der Waals surface area contributed by atoms with E-state index >= 15 is 0 Å². The Morgan fingerprint density at radius 2 is 2.11 bits per heavy atom. The van der Waals surface area contributed by atoms with Crippen molar-refractivity contribution in [3.8, 4) is 5.75 Å². The molecule has 35 heavy (non-hydrogen) atoms. The van der Waals surface area contributed by atoms with Crippen LogP contribution in [0, 0.1) is 0 Å². The molecular weight excluding hydrogens is 505 g/mol. The van der Waals surface area contributed by atoms with E-state index in [2.05, 4.69) is 20.1 Å². The summed E-state index contributed by atoms with van der Waals surface area (Å²) < 4.78 is 29.6. The Morgan fingerprint density at radius 3 is 2.74 bits per heavy atom. The number of nitrogens with one attached hydrogen (secondary N) is 1. The monoisotopic (exact) mass is 528 g/mol. The van der Waals surface area contributed by atoms with Crippen molar-refractivity contribution in [2.75, 3.05) is 19.7 Å². The summed E-state index contributed by atoms with van der Waals surface area (Å²) in [5.74, 6) is -0.408. The van der Waals surface area contributed by atoms with Gasteiger partial charge in [-0.15, -0.1) is 0 Å². The second-order valence-corrected chi connectivity index (χ2v) is 8.18. The number of carbonyl (C=O) groups excluding carboxylic acids is 1. The van der Waals surface area contributed by atoms with E-state index < -0.39 is 31.2 Å². The van der Waals surface area contributed by atoms with Crippen molar-refractivity contribution in [1.82, 2.24) is 15.3 Å². The number of benzene rings is 2. The summed E-state index contributed by atoms with van der Waals surface area (Å²) >= 11 is 12.3. The highest BCUT2D eigenvalue weighted by Gasteiger charge is 2.40. The summed E-state index contributed by atoms with van der Waals surface area (Å²) in [6.07, 6.45) is 1.04. The average molecular weight is 529 g/mol. The maximum absolute atomic E-state index is 12.6. The fourth-order valence-electron chi connectivity index (χ4n) is 3.78. The number of nitrogens with zero attached hydrogens (tertiary/aromatic N) is 4. The van der Waals surface area contributed by atoms with Gasteiger partial charge in [-0.2, -0.15) is 8.78 Å². The van der Waals surface area contributed by atoms with Gasteiger partial charge < -0.3 is 20.5 Å². The van der Waals surface area contributed by atoms with Crippen molar-refractivity contribution in [3.63, 3.8) is 0 Å². The Bertz CT molecular complexity index is 1100. The second-order valence-electron chi connectivity index (χ2n) is 7.36. The lowest BCUT2D eigenvalue weighted by Gasteiger charge is -2.30. The molecule has 4 N–H and O–H groups in total. The number of hydrogen-bond acceptors (Lipinski definition) is 5. The first-order valence-electron chi connectivity index (χ1n) is 10.5. The lowest BCUT2D eigenvalue weighted by Crippen LogP contribution is -2.45. The smallest absolute Gasteiger partial charge is 0.387 e. The number of ether oxygens (including phenoxy) is 1. The number of amides is 1. The number of aliphatic hydroxyl groups excluding tert-OH is 1. The van der Waals surface area contributed by atoms with Gasteiger partial charge in [-0.1, -0.05) is 35.3 Å². The molecule has 1 fully saturated rings. The van der Waals surface area contributed by atoms with E-state index in [1.165, 1.54) is 23.1 Å². The number of guanidine groups is 1. The normalized spacial score (nSPS) is 18.5. The van der Waals surface area contributed by atoms with E-state index in [-0.39, 0.29) is 18.3 Å². The number of carbonyl (C=O) groups is 1. The number of hydrogen-bond donors (Lipinski definition) is 3. The van der Waals surface area contributed by atoms with Crippen LogP contribution in [0.4, 0.5) is 14.5 Å². The summed E-state index contributed by atoms with van der Waals surface area (Å²) in [6, 6.07) is 9.98. The van der Waals surface area contributed by atoms with Crippen molar-refractivity contribution in [3.05, 3.63) is 58.1 Å². The standard InChI is InChI=1S/C22H24Cl2F2N6O3/c1-2-31(19(34)11-33)18-10-32(30-20(18)13-6-7-16(23)17(24)8-13)22(28-12-27)29-14-4-3-5-15(9-14)35-21(25)26/h3-9,12,18,20-21,30,33H,2,10-11H2,1H3,(H2,27,28,29)/t18-,20?/m0/s1. The van der Waals surface area contributed by atoms with Crippen molar-refractivity contribution < 1.29 is 23.4 Å². The highest BCUT2D eigenvalue weighted by molar-refractivity contribution is 6.42. The molecule has 1 amide bonds. The third-order valence-electron chi connectivity index (χ3n) is 5.25. The first-order chi connectivity index (χ1) is 16.8. The maximum Gasteiger partial charge on any atom is 0.387 e. The molecule has 9 nitrogen and oxygen atoms in total. The molecule has 0 saturated carbocycles. The number of nitrogens with two attached hydrogens (primary N) is 1. The van der Waals surface area contributed by atoms with E-state index in [1.807, 2.05) is 0 Å². The van der Waals surface area contributed by atoms with Gasteiger partial charge in [-0.25, -0.2) is 15.4 Å². The van der Waals surface area contributed by atoms with E-state index in [0.717, 1.165) is 11.9 Å². The van der Waals surface area contributed by atoms with Gasteiger partial charge >= 0.3 is 6.61 Å². The minimum atomic E-state index is -2.98. The SMILES string of the molecule is CCN(C(=O)CO)[C@H]1CN(C(N=CN)=Nc2cccc(OC(F)F)c2)NC1c1ccc(Cl)c(Cl)c1. The minimum Gasteiger partial charge on any atom is -0.435 e. The zero-order valence-corrected chi connectivity index (χ0v) is 20.1. The van der Waals surface area contributed by atoms with Crippen LogP contribution < -0.4 is 15.9 Å². The lowest BCUT2D eigenvalue weighted by atomic mass is 9.99. The van der Waals surface area contributed by atoms with Crippen LogP contribution in [-0.2, 0) is 4.79 Å². The van der Waals surface area contributed by atoms with Gasteiger partial charge in [0, 0.05) is 12.6 Å². The van der Waals surface area contributed by atoms with Gasteiger partial charge in [-0.05, 0) is 36.8 Å². The van der Waals surface area contributed by atoms with Crippen molar-refractivity contribution in [2.24, 2.45) is 15.7 Å². The topological polar surface area (TPSA) is 116 Å². The lowest BCUT2D eigenvalue weighted by molar-refractivity contribution is -0.136. The summed E-state index contributed by atoms with van der Waals surface area (Å²) in [7, 11) is 0. The fraction of sp³-hybridized carbons (Fsp3) is 0.318. The maximum atomic E-state index is 12.6. The van der Waals surface area contributed by atoms with Crippen LogP contribution in [0.5, 0.6) is 5.75 Å². The molecule has 2 atom stereocenters. The molecular formula is C22H24Cl2F2N6O3. The average Bonchev–Trinajstić information content (AvgIpc) is 3.25. The molecule has 2 aromatic carbocycles. The first kappa shape index (κ1) is 26.6. The van der Waals surface area contributed by atoms with Gasteiger partial charge in [0.05, 0.1) is 40.7 Å². The summed E-state index contributed by atoms with van der Waals surface area (Å²) in [4.78, 5) is 22.5. The molecule has 188 valence electrons. The van der Waals surface area contributed by atoms with E-state index in [0.29, 0.717) is 22.3 Å². The Labute approximate surface area is 210 Å². The number of hydrazine groups is 1. The molecule has 1 aliphatic heterocycles. The van der Waals surface area contributed by atoms with E-state index in [4.69, 9.17) is 28.9 Å². The predicted molar refractivity (Wildman–Crippen MR) is 130 cm³/mol. The fourth-order valence-corrected chi connectivity index (χ4v) is 4.08. The van der Waals surface area contributed by atoms with E-state index in [1.54, 1.807) is 36.2 Å². The molecule has 1 saturated heterocycles. The van der Waals surface area contributed by atoms with E-state index in [9.17, 15) is 18.7 Å². The van der Waals surface area contributed by atoms with Gasteiger partial charge in [0.15, 0.2) is 0 Å². The number of rotatable bonds is 7. The molecule has 0 radical (unpaired) electrons. The Kier molecular flexibility index (Phi) is 9.21. The van der Waals surface area contributed by atoms with Crippen LogP contribution in [0.3, 0.4) is 0 Å². The van der Waals surface area contributed by atoms with Crippen LogP contribution in [0.2, 0.25) is 10.0 Å². The Balaban J connectivity index is 1.99. The first-order valence-corrected chi connectivity index (χ1v) is 11.3. The van der Waals surface area contributed by atoms with Crippen molar-refractivity contribution in [1.29, 1.82) is 0 Å². The van der Waals surface area contributed by atoms with Gasteiger partial charge in [-0.3, -0.25) is 9.80 Å².